The van der Waals surface area contributed by atoms with Crippen LogP contribution in [-0.4, -0.2) is 28.3 Å². The molecule has 0 aromatic carbocycles. The van der Waals surface area contributed by atoms with Crippen molar-refractivity contribution in [3.05, 3.63) is 11.9 Å². The lowest BCUT2D eigenvalue weighted by Crippen LogP contribution is -2.41. The highest BCUT2D eigenvalue weighted by Crippen LogP contribution is 2.36. The van der Waals surface area contributed by atoms with Crippen molar-refractivity contribution in [2.75, 3.05) is 0 Å². The van der Waals surface area contributed by atoms with Crippen molar-refractivity contribution in [2.24, 2.45) is 0 Å². The predicted octanol–water partition coefficient (Wildman–Crippen LogP) is 1.02. The fourth-order valence-electron chi connectivity index (χ4n) is 1.51. The van der Waals surface area contributed by atoms with Gasteiger partial charge in [0.15, 0.2) is 0 Å². The van der Waals surface area contributed by atoms with E-state index < -0.39 is 0 Å². The molecule has 0 radical (unpaired) electrons. The monoisotopic (exact) mass is 208 g/mol. The van der Waals surface area contributed by atoms with Crippen molar-refractivity contribution in [1.82, 2.24) is 9.97 Å². The summed E-state index contributed by atoms with van der Waals surface area (Å²) in [5.41, 5.74) is 1.14. The Kier molecular flexibility index (Phi) is 2.21. The van der Waals surface area contributed by atoms with Crippen molar-refractivity contribution >= 4 is 12.8 Å². The van der Waals surface area contributed by atoms with Crippen LogP contribution < -0.4 is 5.72 Å². The minimum Gasteiger partial charge on any atom is -0.397 e. The highest BCUT2D eigenvalue weighted by Gasteiger charge is 2.52. The van der Waals surface area contributed by atoms with E-state index in [1.165, 1.54) is 0 Å². The lowest BCUT2D eigenvalue weighted by molar-refractivity contribution is 0.00578. The molecule has 0 amide bonds. The Balaban J connectivity index is 2.23. The lowest BCUT2D eigenvalue weighted by Gasteiger charge is -2.32. The summed E-state index contributed by atoms with van der Waals surface area (Å²) in [6.07, 6.45) is 1.78. The SMILES string of the molecule is Cc1cnc(B2OC(C)(C)C(C)(C)O2)[nH]1. The Hall–Kier alpha value is -0.805. The van der Waals surface area contributed by atoms with Gasteiger partial charge in [-0.3, -0.25) is 0 Å². The van der Waals surface area contributed by atoms with Gasteiger partial charge in [-0.05, 0) is 34.6 Å². The van der Waals surface area contributed by atoms with Crippen molar-refractivity contribution in [3.63, 3.8) is 0 Å². The molecule has 1 aromatic rings. The van der Waals surface area contributed by atoms with E-state index in [0.717, 1.165) is 11.4 Å². The highest BCUT2D eigenvalue weighted by molar-refractivity contribution is 6.60. The smallest absolute Gasteiger partial charge is 0.397 e. The molecule has 0 saturated carbocycles. The van der Waals surface area contributed by atoms with Gasteiger partial charge in [-0.25, -0.2) is 4.98 Å². The third-order valence-electron chi connectivity index (χ3n) is 3.20. The van der Waals surface area contributed by atoms with Gasteiger partial charge in [0.1, 0.15) is 5.72 Å². The van der Waals surface area contributed by atoms with E-state index in [4.69, 9.17) is 9.31 Å². The van der Waals surface area contributed by atoms with E-state index in [0.29, 0.717) is 0 Å². The molecule has 1 saturated heterocycles. The molecule has 82 valence electrons. The number of nitrogens with one attached hydrogen (secondary N) is 1. The summed E-state index contributed by atoms with van der Waals surface area (Å²) in [6.45, 7) is 10.1. The maximum absolute atomic E-state index is 5.85. The first-order valence-corrected chi connectivity index (χ1v) is 5.19. The molecule has 1 aliphatic rings. The molecule has 0 spiro atoms. The van der Waals surface area contributed by atoms with Gasteiger partial charge in [0.25, 0.3) is 0 Å². The standard InChI is InChI=1S/C10H17BN2O2/c1-7-6-12-8(13-7)11-14-9(2,3)10(4,5)15-11/h6H,1-5H3,(H,12,13). The van der Waals surface area contributed by atoms with E-state index >= 15 is 0 Å². The van der Waals surface area contributed by atoms with E-state index in [2.05, 4.69) is 9.97 Å². The number of imidazole rings is 1. The van der Waals surface area contributed by atoms with Crippen LogP contribution in [0.4, 0.5) is 0 Å². The fourth-order valence-corrected chi connectivity index (χ4v) is 1.51. The van der Waals surface area contributed by atoms with Gasteiger partial charge in [-0.1, -0.05) is 0 Å². The largest absolute Gasteiger partial charge is 0.532 e. The highest BCUT2D eigenvalue weighted by atomic mass is 16.7. The Morgan fingerprint density at radius 1 is 1.20 bits per heavy atom. The van der Waals surface area contributed by atoms with E-state index in [1.54, 1.807) is 6.20 Å². The maximum Gasteiger partial charge on any atom is 0.532 e. The van der Waals surface area contributed by atoms with Crippen LogP contribution >= 0.6 is 0 Å². The lowest BCUT2D eigenvalue weighted by atomic mass is 9.89. The number of aromatic amines is 1. The second kappa shape index (κ2) is 3.09. The molecule has 0 bridgehead atoms. The van der Waals surface area contributed by atoms with Gasteiger partial charge in [0, 0.05) is 11.9 Å². The van der Waals surface area contributed by atoms with Gasteiger partial charge in [0.2, 0.25) is 0 Å². The van der Waals surface area contributed by atoms with Crippen LogP contribution in [0.15, 0.2) is 6.20 Å². The van der Waals surface area contributed by atoms with E-state index in [9.17, 15) is 0 Å². The van der Waals surface area contributed by atoms with Crippen LogP contribution in [0.1, 0.15) is 33.4 Å². The molecule has 2 heterocycles. The van der Waals surface area contributed by atoms with Crippen molar-refractivity contribution in [2.45, 2.75) is 45.8 Å². The van der Waals surface area contributed by atoms with Crippen molar-refractivity contribution in [1.29, 1.82) is 0 Å². The zero-order valence-corrected chi connectivity index (χ0v) is 9.92. The molecule has 4 nitrogen and oxygen atoms in total. The predicted molar refractivity (Wildman–Crippen MR) is 59.0 cm³/mol. The average Bonchev–Trinajstić information content (AvgIpc) is 2.56. The average molecular weight is 208 g/mol. The summed E-state index contributed by atoms with van der Waals surface area (Å²) in [6, 6.07) is 0. The van der Waals surface area contributed by atoms with Crippen LogP contribution in [-0.2, 0) is 9.31 Å². The normalized spacial score (nSPS) is 23.4. The van der Waals surface area contributed by atoms with Crippen molar-refractivity contribution in [3.8, 4) is 0 Å². The minimum absolute atomic E-state index is 0.307. The van der Waals surface area contributed by atoms with Gasteiger partial charge < -0.3 is 14.3 Å². The van der Waals surface area contributed by atoms with Gasteiger partial charge in [0.05, 0.1) is 11.2 Å². The molecule has 0 aliphatic carbocycles. The van der Waals surface area contributed by atoms with Gasteiger partial charge >= 0.3 is 7.12 Å². The van der Waals surface area contributed by atoms with Crippen LogP contribution in [0.25, 0.3) is 0 Å². The number of nitrogens with zero attached hydrogens (tertiary/aromatic N) is 1. The molecule has 0 unspecified atom stereocenters. The molecular weight excluding hydrogens is 191 g/mol. The van der Waals surface area contributed by atoms with Crippen LogP contribution in [0, 0.1) is 6.92 Å². The first-order chi connectivity index (χ1) is 6.82. The molecule has 2 rings (SSSR count). The Morgan fingerprint density at radius 3 is 2.13 bits per heavy atom. The molecule has 1 aromatic heterocycles. The number of rotatable bonds is 1. The van der Waals surface area contributed by atoms with Gasteiger partial charge in [-0.2, -0.15) is 0 Å². The summed E-state index contributed by atoms with van der Waals surface area (Å²) in [5, 5.41) is 0. The number of H-pyrrole nitrogens is 1. The fraction of sp³-hybridized carbons (Fsp3) is 0.700. The first-order valence-electron chi connectivity index (χ1n) is 5.19. The summed E-state index contributed by atoms with van der Waals surface area (Å²) in [7, 11) is -0.385. The number of aromatic nitrogens is 2. The maximum atomic E-state index is 5.85. The van der Waals surface area contributed by atoms with Crippen LogP contribution in [0.5, 0.6) is 0 Å². The summed E-state index contributed by atoms with van der Waals surface area (Å²) in [4.78, 5) is 7.36. The third-order valence-corrected chi connectivity index (χ3v) is 3.20. The van der Waals surface area contributed by atoms with E-state index in [-0.39, 0.29) is 18.3 Å². The molecule has 1 aliphatic heterocycles. The number of aryl methyl sites for hydroxylation is 1. The van der Waals surface area contributed by atoms with Crippen molar-refractivity contribution < 1.29 is 9.31 Å². The summed E-state index contributed by atoms with van der Waals surface area (Å²) < 4.78 is 11.7. The Morgan fingerprint density at radius 2 is 1.73 bits per heavy atom. The molecule has 1 fully saturated rings. The summed E-state index contributed by atoms with van der Waals surface area (Å²) in [5.74, 6) is 0. The molecular formula is C10H17BN2O2. The second-order valence-corrected chi connectivity index (χ2v) is 5.04. The van der Waals surface area contributed by atoms with Gasteiger partial charge in [-0.15, -0.1) is 0 Å². The second-order valence-electron chi connectivity index (χ2n) is 5.04. The third kappa shape index (κ3) is 1.70. The number of hydrogen-bond acceptors (Lipinski definition) is 3. The van der Waals surface area contributed by atoms with E-state index in [1.807, 2.05) is 34.6 Å². The number of hydrogen-bond donors (Lipinski definition) is 1. The first kappa shape index (κ1) is 10.7. The van der Waals surface area contributed by atoms with Crippen LogP contribution in [0.3, 0.4) is 0 Å². The topological polar surface area (TPSA) is 47.1 Å². The zero-order valence-electron chi connectivity index (χ0n) is 9.92. The molecule has 1 N–H and O–H groups in total. The molecule has 5 heteroatoms. The zero-order chi connectivity index (χ0) is 11.3. The summed E-state index contributed by atoms with van der Waals surface area (Å²) >= 11 is 0. The Labute approximate surface area is 90.5 Å². The van der Waals surface area contributed by atoms with Crippen LogP contribution in [0.2, 0.25) is 0 Å². The molecule has 15 heavy (non-hydrogen) atoms. The Bertz CT molecular complexity index is 357. The quantitative estimate of drug-likeness (QED) is 0.700. The minimum atomic E-state index is -0.385. The molecule has 0 atom stereocenters.